The number of hydrogen-bond acceptors (Lipinski definition) is 4. The number of likely N-dealkylation sites (tertiary alicyclic amines) is 1. The third-order valence-corrected chi connectivity index (χ3v) is 5.01. The van der Waals surface area contributed by atoms with Gasteiger partial charge in [0, 0.05) is 12.1 Å². The number of aromatic nitrogens is 3. The molecule has 6 nitrogen and oxygen atoms in total. The smallest absolute Gasteiger partial charge is 0.141 e. The van der Waals surface area contributed by atoms with Gasteiger partial charge in [0.15, 0.2) is 0 Å². The van der Waals surface area contributed by atoms with Crippen molar-refractivity contribution in [2.45, 2.75) is 18.9 Å². The number of nitrogens with one attached hydrogen (secondary N) is 2. The summed E-state index contributed by atoms with van der Waals surface area (Å²) < 4.78 is 27.8. The highest BCUT2D eigenvalue weighted by Gasteiger charge is 2.29. The fraction of sp³-hybridized carbons (Fsp3) is 0.182. The zero-order valence-corrected chi connectivity index (χ0v) is 15.9. The average molecular weight is 404 g/mol. The van der Waals surface area contributed by atoms with Gasteiger partial charge in [-0.25, -0.2) is 18.7 Å². The van der Waals surface area contributed by atoms with Gasteiger partial charge in [0.1, 0.15) is 35.1 Å². The molecule has 0 aliphatic carbocycles. The van der Waals surface area contributed by atoms with E-state index in [1.807, 2.05) is 6.07 Å². The Balaban J connectivity index is 1.50. The van der Waals surface area contributed by atoms with Crippen molar-refractivity contribution < 1.29 is 8.78 Å². The van der Waals surface area contributed by atoms with Crippen LogP contribution in [0, 0.1) is 28.4 Å². The van der Waals surface area contributed by atoms with E-state index in [-0.39, 0.29) is 17.4 Å². The molecule has 0 radical (unpaired) electrons. The number of pyridine rings is 1. The molecule has 0 bridgehead atoms. The zero-order chi connectivity index (χ0) is 21.1. The third kappa shape index (κ3) is 3.96. The van der Waals surface area contributed by atoms with Crippen LogP contribution in [0.1, 0.15) is 36.0 Å². The highest BCUT2D eigenvalue weighted by atomic mass is 19.1. The molecule has 1 aliphatic heterocycles. The Morgan fingerprint density at radius 3 is 3.00 bits per heavy atom. The molecule has 1 atom stereocenters. The summed E-state index contributed by atoms with van der Waals surface area (Å²) in [5.74, 6) is -0.235. The summed E-state index contributed by atoms with van der Waals surface area (Å²) in [6.45, 7) is 0.595. The molecule has 150 valence electrons. The van der Waals surface area contributed by atoms with Crippen molar-refractivity contribution in [3.05, 3.63) is 77.4 Å². The minimum atomic E-state index is -0.488. The molecule has 1 saturated heterocycles. The van der Waals surface area contributed by atoms with E-state index in [2.05, 4.69) is 15.0 Å². The molecular formula is C22H18F2N6. The summed E-state index contributed by atoms with van der Waals surface area (Å²) >= 11 is 0. The van der Waals surface area contributed by atoms with Gasteiger partial charge in [0.25, 0.3) is 0 Å². The standard InChI is InChI=1S/C22H18F2N6/c23-14-6-7-17(24)16(11-14)20-5-2-10-30(20)21(26)8-9-22-27-13-19(29-22)18-4-1-3-15(12-25)28-18/h1,3-4,6-9,11,13,20,26H,2,5,10H2,(H,27,29)/b9-8-,26-21?. The van der Waals surface area contributed by atoms with Gasteiger partial charge in [-0.05, 0) is 55.3 Å². The second kappa shape index (κ2) is 8.25. The molecule has 3 heterocycles. The highest BCUT2D eigenvalue weighted by molar-refractivity contribution is 5.94. The number of aromatic amines is 1. The van der Waals surface area contributed by atoms with Gasteiger partial charge in [0.2, 0.25) is 0 Å². The molecule has 0 spiro atoms. The lowest BCUT2D eigenvalue weighted by atomic mass is 10.0. The fourth-order valence-electron chi connectivity index (χ4n) is 3.60. The fourth-order valence-corrected chi connectivity index (χ4v) is 3.60. The lowest BCUT2D eigenvalue weighted by Crippen LogP contribution is -2.29. The van der Waals surface area contributed by atoms with E-state index in [4.69, 9.17) is 10.7 Å². The second-order valence-electron chi connectivity index (χ2n) is 6.94. The number of amidine groups is 1. The molecule has 2 aromatic heterocycles. The van der Waals surface area contributed by atoms with Crippen LogP contribution in [0.25, 0.3) is 17.5 Å². The lowest BCUT2D eigenvalue weighted by Gasteiger charge is -2.26. The number of hydrogen-bond donors (Lipinski definition) is 2. The summed E-state index contributed by atoms with van der Waals surface area (Å²) in [5.41, 5.74) is 1.83. The van der Waals surface area contributed by atoms with Crippen molar-refractivity contribution in [1.29, 1.82) is 10.7 Å². The molecule has 1 aromatic carbocycles. The van der Waals surface area contributed by atoms with E-state index < -0.39 is 11.6 Å². The second-order valence-corrected chi connectivity index (χ2v) is 6.94. The van der Waals surface area contributed by atoms with Crippen molar-refractivity contribution in [3.63, 3.8) is 0 Å². The van der Waals surface area contributed by atoms with E-state index in [9.17, 15) is 8.78 Å². The van der Waals surface area contributed by atoms with Gasteiger partial charge < -0.3 is 9.88 Å². The largest absolute Gasteiger partial charge is 0.350 e. The Morgan fingerprint density at radius 2 is 2.17 bits per heavy atom. The summed E-state index contributed by atoms with van der Waals surface area (Å²) in [6.07, 6.45) is 6.28. The normalized spacial score (nSPS) is 16.2. The Morgan fingerprint density at radius 1 is 1.30 bits per heavy atom. The number of nitriles is 1. The van der Waals surface area contributed by atoms with Crippen LogP contribution in [-0.4, -0.2) is 32.2 Å². The van der Waals surface area contributed by atoms with E-state index >= 15 is 0 Å². The monoisotopic (exact) mass is 404 g/mol. The number of imidazole rings is 1. The van der Waals surface area contributed by atoms with E-state index in [1.165, 1.54) is 6.07 Å². The van der Waals surface area contributed by atoms with Crippen LogP contribution in [0.3, 0.4) is 0 Å². The van der Waals surface area contributed by atoms with Crippen molar-refractivity contribution in [2.75, 3.05) is 6.54 Å². The first-order valence-electron chi connectivity index (χ1n) is 9.46. The molecule has 1 fully saturated rings. The van der Waals surface area contributed by atoms with Crippen LogP contribution >= 0.6 is 0 Å². The number of nitrogens with zero attached hydrogens (tertiary/aromatic N) is 4. The summed E-state index contributed by atoms with van der Waals surface area (Å²) in [5, 5.41) is 17.4. The number of rotatable bonds is 4. The van der Waals surface area contributed by atoms with E-state index in [0.717, 1.165) is 18.6 Å². The Labute approximate surface area is 172 Å². The molecule has 1 aliphatic rings. The number of H-pyrrole nitrogens is 1. The van der Waals surface area contributed by atoms with Crippen molar-refractivity contribution >= 4 is 11.9 Å². The van der Waals surface area contributed by atoms with Crippen molar-refractivity contribution in [1.82, 2.24) is 19.9 Å². The van der Waals surface area contributed by atoms with Crippen LogP contribution in [0.4, 0.5) is 8.78 Å². The van der Waals surface area contributed by atoms with Crippen LogP contribution < -0.4 is 0 Å². The number of halogens is 2. The SMILES string of the molecule is N#Cc1cccc(-c2cnc(/C=C\C(=N)N3CCCC3c3cc(F)ccc3F)[nH]2)n1. The summed E-state index contributed by atoms with van der Waals surface area (Å²) in [7, 11) is 0. The molecule has 4 rings (SSSR count). The van der Waals surface area contributed by atoms with Crippen LogP contribution in [0.2, 0.25) is 0 Å². The van der Waals surface area contributed by atoms with Crippen molar-refractivity contribution in [2.24, 2.45) is 0 Å². The maximum Gasteiger partial charge on any atom is 0.141 e. The predicted octanol–water partition coefficient (Wildman–Crippen LogP) is 4.45. The van der Waals surface area contributed by atoms with Gasteiger partial charge in [-0.1, -0.05) is 6.07 Å². The van der Waals surface area contributed by atoms with Gasteiger partial charge in [0.05, 0.1) is 23.6 Å². The first kappa shape index (κ1) is 19.5. The van der Waals surface area contributed by atoms with Gasteiger partial charge in [-0.15, -0.1) is 0 Å². The highest BCUT2D eigenvalue weighted by Crippen LogP contribution is 2.34. The van der Waals surface area contributed by atoms with E-state index in [1.54, 1.807) is 41.4 Å². The van der Waals surface area contributed by atoms with Crippen LogP contribution in [-0.2, 0) is 0 Å². The molecule has 3 aromatic rings. The van der Waals surface area contributed by atoms with E-state index in [0.29, 0.717) is 35.9 Å². The molecule has 2 N–H and O–H groups in total. The molecular weight excluding hydrogens is 386 g/mol. The topological polar surface area (TPSA) is 92.5 Å². The third-order valence-electron chi connectivity index (χ3n) is 5.01. The molecule has 8 heteroatoms. The van der Waals surface area contributed by atoms with Gasteiger partial charge >= 0.3 is 0 Å². The number of benzene rings is 1. The molecule has 0 saturated carbocycles. The molecule has 0 amide bonds. The van der Waals surface area contributed by atoms with Crippen molar-refractivity contribution in [3.8, 4) is 17.5 Å². The maximum absolute atomic E-state index is 14.2. The Hall–Kier alpha value is -3.86. The molecule has 30 heavy (non-hydrogen) atoms. The minimum absolute atomic E-state index is 0.198. The average Bonchev–Trinajstić information content (AvgIpc) is 3.43. The maximum atomic E-state index is 14.2. The Bertz CT molecular complexity index is 1160. The van der Waals surface area contributed by atoms with Gasteiger partial charge in [-0.3, -0.25) is 5.41 Å². The predicted molar refractivity (Wildman–Crippen MR) is 108 cm³/mol. The first-order chi connectivity index (χ1) is 14.5. The summed E-state index contributed by atoms with van der Waals surface area (Å²) in [4.78, 5) is 13.3. The quantitative estimate of drug-likeness (QED) is 0.496. The summed E-state index contributed by atoms with van der Waals surface area (Å²) in [6, 6.07) is 10.2. The lowest BCUT2D eigenvalue weighted by molar-refractivity contribution is 0.385. The zero-order valence-electron chi connectivity index (χ0n) is 15.9. The minimum Gasteiger partial charge on any atom is -0.350 e. The molecule has 1 unspecified atom stereocenters. The first-order valence-corrected chi connectivity index (χ1v) is 9.46. The van der Waals surface area contributed by atoms with Crippen LogP contribution in [0.5, 0.6) is 0 Å². The Kier molecular flexibility index (Phi) is 5.35. The van der Waals surface area contributed by atoms with Gasteiger partial charge in [-0.2, -0.15) is 5.26 Å². The van der Waals surface area contributed by atoms with Crippen LogP contribution in [0.15, 0.2) is 48.7 Å².